The molecule has 3 aromatic rings. The molecule has 1 atom stereocenters. The van der Waals surface area contributed by atoms with Crippen molar-refractivity contribution in [1.29, 1.82) is 0 Å². The topological polar surface area (TPSA) is 40.6 Å². The highest BCUT2D eigenvalue weighted by Crippen LogP contribution is 2.38. The van der Waals surface area contributed by atoms with Crippen molar-refractivity contribution in [2.75, 3.05) is 13.1 Å². The summed E-state index contributed by atoms with van der Waals surface area (Å²) in [5, 5.41) is 2.11. The van der Waals surface area contributed by atoms with Gasteiger partial charge in [-0.05, 0) is 61.7 Å². The summed E-state index contributed by atoms with van der Waals surface area (Å²) in [5.41, 5.74) is 3.03. The first kappa shape index (κ1) is 23.2. The molecule has 0 spiro atoms. The Morgan fingerprint density at radius 2 is 1.67 bits per heavy atom. The van der Waals surface area contributed by atoms with Crippen LogP contribution in [0.5, 0.6) is 0 Å². The molecule has 2 heterocycles. The fraction of sp³-hybridized carbons (Fsp3) is 0.357. The second-order valence-electron chi connectivity index (χ2n) is 9.59. The highest BCUT2D eigenvalue weighted by Gasteiger charge is 2.36. The Hall–Kier alpha value is -2.92. The van der Waals surface area contributed by atoms with Gasteiger partial charge in [-0.25, -0.2) is 0 Å². The van der Waals surface area contributed by atoms with Crippen LogP contribution in [-0.4, -0.2) is 40.2 Å². The monoisotopic (exact) mass is 460 g/mol. The van der Waals surface area contributed by atoms with Crippen LogP contribution in [0.2, 0.25) is 0 Å². The highest BCUT2D eigenvalue weighted by molar-refractivity contribution is 7.10. The molecule has 1 aromatic heterocycles. The summed E-state index contributed by atoms with van der Waals surface area (Å²) >= 11 is 1.76. The Kier molecular flexibility index (Phi) is 6.99. The molecule has 0 saturated heterocycles. The van der Waals surface area contributed by atoms with Crippen LogP contribution in [-0.2, 0) is 22.4 Å². The van der Waals surface area contributed by atoms with Gasteiger partial charge in [-0.3, -0.25) is 9.59 Å². The van der Waals surface area contributed by atoms with E-state index in [1.54, 1.807) is 16.2 Å². The average molecular weight is 461 g/mol. The number of amides is 2. The number of hydrogen-bond donors (Lipinski definition) is 0. The number of hydrogen-bond acceptors (Lipinski definition) is 3. The predicted octanol–water partition coefficient (Wildman–Crippen LogP) is 5.48. The number of rotatable bonds is 6. The van der Waals surface area contributed by atoms with E-state index in [4.69, 9.17) is 0 Å². The number of benzene rings is 2. The van der Waals surface area contributed by atoms with Gasteiger partial charge >= 0.3 is 0 Å². The summed E-state index contributed by atoms with van der Waals surface area (Å²) in [6.45, 7) is 6.77. The molecule has 0 saturated carbocycles. The van der Waals surface area contributed by atoms with Gasteiger partial charge in [0.05, 0.1) is 6.04 Å². The van der Waals surface area contributed by atoms with E-state index in [1.807, 2.05) is 74.2 Å². The van der Waals surface area contributed by atoms with Crippen LogP contribution in [0, 0.1) is 0 Å². The fourth-order valence-corrected chi connectivity index (χ4v) is 5.44. The minimum Gasteiger partial charge on any atom is -0.330 e. The van der Waals surface area contributed by atoms with E-state index in [2.05, 4.69) is 23.6 Å². The zero-order valence-corrected chi connectivity index (χ0v) is 20.5. The SMILES string of the molecule is CC(C)(C)N(CC(=O)N1CCc2sccc2C1c1ccccc1)C(=O)CCc1ccccc1. The van der Waals surface area contributed by atoms with Gasteiger partial charge < -0.3 is 9.80 Å². The predicted molar refractivity (Wildman–Crippen MR) is 134 cm³/mol. The van der Waals surface area contributed by atoms with Gasteiger partial charge in [0.25, 0.3) is 0 Å². The van der Waals surface area contributed by atoms with Gasteiger partial charge in [0, 0.05) is 23.4 Å². The molecule has 2 amide bonds. The fourth-order valence-electron chi connectivity index (χ4n) is 4.54. The second kappa shape index (κ2) is 9.92. The van der Waals surface area contributed by atoms with Gasteiger partial charge in [-0.1, -0.05) is 60.7 Å². The number of fused-ring (bicyclic) bond motifs is 1. The molecule has 1 aliphatic rings. The van der Waals surface area contributed by atoms with Crippen LogP contribution in [0.4, 0.5) is 0 Å². The number of nitrogens with zero attached hydrogens (tertiary/aromatic N) is 2. The van der Waals surface area contributed by atoms with Crippen molar-refractivity contribution in [2.24, 2.45) is 0 Å². The van der Waals surface area contributed by atoms with Gasteiger partial charge in [0.15, 0.2) is 0 Å². The van der Waals surface area contributed by atoms with Crippen LogP contribution in [0.25, 0.3) is 0 Å². The number of aryl methyl sites for hydroxylation is 1. The minimum absolute atomic E-state index is 0.00342. The van der Waals surface area contributed by atoms with E-state index in [0.29, 0.717) is 19.4 Å². The lowest BCUT2D eigenvalue weighted by Crippen LogP contribution is -2.52. The van der Waals surface area contributed by atoms with Crippen LogP contribution < -0.4 is 0 Å². The molecule has 0 fully saturated rings. The molecule has 4 nitrogen and oxygen atoms in total. The van der Waals surface area contributed by atoms with Gasteiger partial charge in [-0.2, -0.15) is 0 Å². The molecule has 1 aliphatic heterocycles. The Balaban J connectivity index is 1.54. The van der Waals surface area contributed by atoms with E-state index < -0.39 is 5.54 Å². The average Bonchev–Trinajstić information content (AvgIpc) is 3.29. The summed E-state index contributed by atoms with van der Waals surface area (Å²) in [6, 6.07) is 22.3. The molecule has 172 valence electrons. The first-order valence-electron chi connectivity index (χ1n) is 11.6. The summed E-state index contributed by atoms with van der Waals surface area (Å²) in [6.07, 6.45) is 1.93. The third kappa shape index (κ3) is 5.36. The Bertz CT molecular complexity index is 1090. The van der Waals surface area contributed by atoms with Crippen molar-refractivity contribution in [3.63, 3.8) is 0 Å². The molecule has 4 rings (SSSR count). The number of thiophene rings is 1. The third-order valence-corrected chi connectivity index (χ3v) is 7.27. The van der Waals surface area contributed by atoms with Crippen molar-refractivity contribution in [2.45, 2.75) is 51.6 Å². The van der Waals surface area contributed by atoms with Gasteiger partial charge in [0.2, 0.25) is 11.8 Å². The van der Waals surface area contributed by atoms with Crippen molar-refractivity contribution >= 4 is 23.2 Å². The van der Waals surface area contributed by atoms with Crippen molar-refractivity contribution < 1.29 is 9.59 Å². The minimum atomic E-state index is -0.436. The summed E-state index contributed by atoms with van der Waals surface area (Å²) < 4.78 is 0. The lowest BCUT2D eigenvalue weighted by molar-refractivity contribution is -0.145. The maximum absolute atomic E-state index is 13.7. The molecule has 33 heavy (non-hydrogen) atoms. The summed E-state index contributed by atoms with van der Waals surface area (Å²) in [5.74, 6) is 0.0212. The smallest absolute Gasteiger partial charge is 0.243 e. The van der Waals surface area contributed by atoms with Gasteiger partial charge in [0.1, 0.15) is 6.54 Å². The lowest BCUT2D eigenvalue weighted by atomic mass is 9.93. The van der Waals surface area contributed by atoms with E-state index in [9.17, 15) is 9.59 Å². The second-order valence-corrected chi connectivity index (χ2v) is 10.6. The van der Waals surface area contributed by atoms with Crippen LogP contribution in [0.1, 0.15) is 54.8 Å². The maximum Gasteiger partial charge on any atom is 0.243 e. The largest absolute Gasteiger partial charge is 0.330 e. The van der Waals surface area contributed by atoms with Crippen molar-refractivity contribution in [1.82, 2.24) is 9.80 Å². The molecule has 5 heteroatoms. The quantitative estimate of drug-likeness (QED) is 0.489. The summed E-state index contributed by atoms with van der Waals surface area (Å²) in [7, 11) is 0. The number of carbonyl (C=O) groups is 2. The van der Waals surface area contributed by atoms with Crippen LogP contribution in [0.15, 0.2) is 72.1 Å². The molecule has 0 radical (unpaired) electrons. The lowest BCUT2D eigenvalue weighted by Gasteiger charge is -2.40. The standard InChI is InChI=1S/C28H32N2O2S/c1-28(2,3)30(25(31)15-14-21-10-6-4-7-11-21)20-26(32)29-18-16-24-23(17-19-33-24)27(29)22-12-8-5-9-13-22/h4-13,17,19,27H,14-16,18,20H2,1-3H3. The first-order chi connectivity index (χ1) is 15.8. The highest BCUT2D eigenvalue weighted by atomic mass is 32.1. The van der Waals surface area contributed by atoms with Crippen molar-refractivity contribution in [3.8, 4) is 0 Å². The van der Waals surface area contributed by atoms with E-state index >= 15 is 0 Å². The Labute approximate surface area is 200 Å². The zero-order valence-electron chi connectivity index (χ0n) is 19.7. The Morgan fingerprint density at radius 3 is 2.33 bits per heavy atom. The van der Waals surface area contributed by atoms with E-state index in [-0.39, 0.29) is 24.4 Å². The summed E-state index contributed by atoms with van der Waals surface area (Å²) in [4.78, 5) is 32.0. The zero-order chi connectivity index (χ0) is 23.4. The molecular weight excluding hydrogens is 428 g/mol. The maximum atomic E-state index is 13.7. The first-order valence-corrected chi connectivity index (χ1v) is 12.5. The van der Waals surface area contributed by atoms with Crippen molar-refractivity contribution in [3.05, 3.63) is 93.7 Å². The third-order valence-electron chi connectivity index (χ3n) is 6.28. The van der Waals surface area contributed by atoms with E-state index in [1.165, 1.54) is 10.4 Å². The Morgan fingerprint density at radius 1 is 1.00 bits per heavy atom. The molecule has 1 unspecified atom stereocenters. The molecule has 0 bridgehead atoms. The molecule has 2 aromatic carbocycles. The van der Waals surface area contributed by atoms with Crippen LogP contribution in [0.3, 0.4) is 0 Å². The molecular formula is C28H32N2O2S. The normalized spacial score (nSPS) is 15.7. The van der Waals surface area contributed by atoms with Gasteiger partial charge in [-0.15, -0.1) is 11.3 Å². The molecule has 0 N–H and O–H groups in total. The molecule has 0 aliphatic carbocycles. The van der Waals surface area contributed by atoms with Crippen LogP contribution >= 0.6 is 11.3 Å². The van der Waals surface area contributed by atoms with E-state index in [0.717, 1.165) is 17.5 Å². The number of carbonyl (C=O) groups excluding carboxylic acids is 2.